The van der Waals surface area contributed by atoms with Gasteiger partial charge >= 0.3 is 0 Å². The van der Waals surface area contributed by atoms with Crippen molar-refractivity contribution in [3.05, 3.63) is 72.3 Å². The zero-order chi connectivity index (χ0) is 19.7. The average Bonchev–Trinajstić information content (AvgIpc) is 2.73. The third kappa shape index (κ3) is 3.06. The summed E-state index contributed by atoms with van der Waals surface area (Å²) >= 11 is 0. The largest absolute Gasteiger partial charge is 0.489 e. The Bertz CT molecular complexity index is 1170. The molecule has 0 N–H and O–H groups in total. The maximum absolute atomic E-state index is 13.2. The second-order valence-corrected chi connectivity index (χ2v) is 7.97. The van der Waals surface area contributed by atoms with Crippen LogP contribution in [-0.4, -0.2) is 26.6 Å². The summed E-state index contributed by atoms with van der Waals surface area (Å²) in [7, 11) is -3.90. The lowest BCUT2D eigenvalue weighted by molar-refractivity contribution is 0.316. The van der Waals surface area contributed by atoms with Crippen molar-refractivity contribution < 1.29 is 17.5 Å². The van der Waals surface area contributed by atoms with Gasteiger partial charge in [-0.3, -0.25) is 9.29 Å². The molecule has 1 aliphatic rings. The Labute approximate surface area is 161 Å². The summed E-state index contributed by atoms with van der Waals surface area (Å²) < 4.78 is 46.3. The van der Waals surface area contributed by atoms with E-state index in [-0.39, 0.29) is 18.0 Å². The number of aromatic nitrogens is 1. The number of rotatable bonds is 3. The Morgan fingerprint density at radius 3 is 2.46 bits per heavy atom. The molecular weight excluding hydrogens is 381 g/mol. The number of pyridine rings is 1. The highest BCUT2D eigenvalue weighted by Gasteiger charge is 2.32. The van der Waals surface area contributed by atoms with Crippen LogP contribution in [0.2, 0.25) is 0 Å². The first kappa shape index (κ1) is 17.9. The van der Waals surface area contributed by atoms with E-state index in [1.807, 2.05) is 0 Å². The molecule has 3 aromatic rings. The van der Waals surface area contributed by atoms with E-state index in [4.69, 9.17) is 10.00 Å². The second-order valence-electron chi connectivity index (χ2n) is 6.10. The van der Waals surface area contributed by atoms with E-state index in [0.29, 0.717) is 22.6 Å². The smallest absolute Gasteiger partial charge is 0.264 e. The highest BCUT2D eigenvalue weighted by molar-refractivity contribution is 7.92. The molecule has 0 aliphatic carbocycles. The quantitative estimate of drug-likeness (QED) is 0.679. The van der Waals surface area contributed by atoms with Gasteiger partial charge in [-0.05, 0) is 42.0 Å². The van der Waals surface area contributed by atoms with E-state index in [1.165, 1.54) is 22.6 Å². The molecule has 0 amide bonds. The molecule has 4 rings (SSSR count). The molecule has 140 valence electrons. The number of sulfonamides is 1. The van der Waals surface area contributed by atoms with Crippen molar-refractivity contribution in [2.24, 2.45) is 0 Å². The number of ether oxygens (including phenoxy) is 1. The molecule has 0 fully saturated rings. The van der Waals surface area contributed by atoms with Gasteiger partial charge in [0.25, 0.3) is 10.0 Å². The van der Waals surface area contributed by atoms with E-state index >= 15 is 0 Å². The van der Waals surface area contributed by atoms with E-state index in [1.54, 1.807) is 30.5 Å². The van der Waals surface area contributed by atoms with Gasteiger partial charge in [0.2, 0.25) is 0 Å². The summed E-state index contributed by atoms with van der Waals surface area (Å²) in [6.07, 6.45) is 3.02. The third-order valence-corrected chi connectivity index (χ3v) is 6.24. The molecule has 0 atom stereocenters. The summed E-state index contributed by atoms with van der Waals surface area (Å²) in [5, 5.41) is 8.96. The number of nitrogens with zero attached hydrogens (tertiary/aromatic N) is 3. The maximum Gasteiger partial charge on any atom is 0.264 e. The minimum absolute atomic E-state index is 0.00877. The van der Waals surface area contributed by atoms with Gasteiger partial charge in [-0.1, -0.05) is 12.1 Å². The van der Waals surface area contributed by atoms with Crippen molar-refractivity contribution in [3.8, 4) is 22.9 Å². The van der Waals surface area contributed by atoms with Crippen LogP contribution in [0.4, 0.5) is 10.1 Å². The molecule has 0 saturated heterocycles. The summed E-state index contributed by atoms with van der Waals surface area (Å²) in [5.74, 6) is -0.109. The van der Waals surface area contributed by atoms with Crippen LogP contribution in [0.1, 0.15) is 5.56 Å². The van der Waals surface area contributed by atoms with E-state index in [9.17, 15) is 12.8 Å². The lowest BCUT2D eigenvalue weighted by Gasteiger charge is -2.31. The van der Waals surface area contributed by atoms with Gasteiger partial charge in [-0.25, -0.2) is 12.8 Å². The van der Waals surface area contributed by atoms with Crippen molar-refractivity contribution in [1.29, 1.82) is 5.26 Å². The monoisotopic (exact) mass is 395 g/mol. The Kier molecular flexibility index (Phi) is 4.45. The number of nitriles is 1. The molecular formula is C20H14FN3O3S. The molecule has 1 aromatic heterocycles. The number of anilines is 1. The van der Waals surface area contributed by atoms with E-state index in [0.717, 1.165) is 17.7 Å². The Morgan fingerprint density at radius 2 is 1.79 bits per heavy atom. The Morgan fingerprint density at radius 1 is 1.07 bits per heavy atom. The maximum atomic E-state index is 13.2. The number of benzene rings is 2. The molecule has 0 bridgehead atoms. The van der Waals surface area contributed by atoms with Crippen LogP contribution in [0, 0.1) is 17.1 Å². The molecule has 28 heavy (non-hydrogen) atoms. The first-order valence-corrected chi connectivity index (χ1v) is 9.84. The minimum Gasteiger partial charge on any atom is -0.489 e. The number of hydrogen-bond acceptors (Lipinski definition) is 5. The summed E-state index contributed by atoms with van der Waals surface area (Å²) in [6, 6.07) is 13.6. The molecule has 0 radical (unpaired) electrons. The van der Waals surface area contributed by atoms with Gasteiger partial charge in [0.1, 0.15) is 18.1 Å². The van der Waals surface area contributed by atoms with Gasteiger partial charge in [0, 0.05) is 11.8 Å². The molecule has 1 aliphatic heterocycles. The van der Waals surface area contributed by atoms with Crippen molar-refractivity contribution in [2.75, 3.05) is 17.5 Å². The first-order valence-electron chi connectivity index (χ1n) is 8.40. The average molecular weight is 395 g/mol. The van der Waals surface area contributed by atoms with Crippen LogP contribution >= 0.6 is 0 Å². The van der Waals surface area contributed by atoms with Gasteiger partial charge in [0.15, 0.2) is 5.75 Å². The molecule has 2 aromatic carbocycles. The van der Waals surface area contributed by atoms with Crippen LogP contribution in [0.25, 0.3) is 11.1 Å². The van der Waals surface area contributed by atoms with Crippen molar-refractivity contribution >= 4 is 15.7 Å². The van der Waals surface area contributed by atoms with Crippen molar-refractivity contribution in [1.82, 2.24) is 4.98 Å². The molecule has 0 spiro atoms. The van der Waals surface area contributed by atoms with Crippen LogP contribution in [-0.2, 0) is 10.0 Å². The van der Waals surface area contributed by atoms with Crippen molar-refractivity contribution in [2.45, 2.75) is 4.90 Å². The lowest BCUT2D eigenvalue weighted by atomic mass is 10.0. The fourth-order valence-corrected chi connectivity index (χ4v) is 4.47. The van der Waals surface area contributed by atoms with Gasteiger partial charge in [-0.2, -0.15) is 5.26 Å². The molecule has 6 nitrogen and oxygen atoms in total. The van der Waals surface area contributed by atoms with Crippen molar-refractivity contribution in [3.63, 3.8) is 0 Å². The summed E-state index contributed by atoms with van der Waals surface area (Å²) in [4.78, 5) is 4.17. The van der Waals surface area contributed by atoms with Crippen LogP contribution in [0.5, 0.6) is 5.75 Å². The Hall–Kier alpha value is -3.44. The number of halogens is 1. The second kappa shape index (κ2) is 6.94. The van der Waals surface area contributed by atoms with Gasteiger partial charge in [0.05, 0.1) is 29.3 Å². The predicted octanol–water partition coefficient (Wildman–Crippen LogP) is 3.35. The number of fused-ring (bicyclic) bond motifs is 1. The van der Waals surface area contributed by atoms with Gasteiger partial charge in [-0.15, -0.1) is 0 Å². The molecule has 0 unspecified atom stereocenters. The third-order valence-electron chi connectivity index (χ3n) is 4.41. The normalized spacial score (nSPS) is 13.4. The number of hydrogen-bond donors (Lipinski definition) is 0. The fourth-order valence-electron chi connectivity index (χ4n) is 3.03. The molecule has 2 heterocycles. The summed E-state index contributed by atoms with van der Waals surface area (Å²) in [6.45, 7) is 0.284. The first-order chi connectivity index (χ1) is 13.5. The molecule has 0 saturated carbocycles. The van der Waals surface area contributed by atoms with Crippen LogP contribution in [0.15, 0.2) is 65.8 Å². The Balaban J connectivity index is 1.80. The zero-order valence-corrected chi connectivity index (χ0v) is 15.4. The van der Waals surface area contributed by atoms with E-state index in [2.05, 4.69) is 11.1 Å². The minimum atomic E-state index is -3.90. The molecule has 8 heteroatoms. The standard InChI is InChI=1S/C20H14FN3O3S/c21-16-5-7-17(8-6-16)28(25,26)24-9-10-27-20-18(12-23-13-19(20)24)15-3-1-14(11-22)2-4-15/h1-8,12-13H,9-10H2. The summed E-state index contributed by atoms with van der Waals surface area (Å²) in [5.41, 5.74) is 2.21. The lowest BCUT2D eigenvalue weighted by Crippen LogP contribution is -2.38. The zero-order valence-electron chi connectivity index (χ0n) is 14.5. The predicted molar refractivity (Wildman–Crippen MR) is 101 cm³/mol. The topological polar surface area (TPSA) is 83.3 Å². The SMILES string of the molecule is N#Cc1ccc(-c2cncc3c2OCCN3S(=O)(=O)c2ccc(F)cc2)cc1. The fraction of sp³-hybridized carbons (Fsp3) is 0.100. The highest BCUT2D eigenvalue weighted by atomic mass is 32.2. The van der Waals surface area contributed by atoms with E-state index < -0.39 is 15.8 Å². The van der Waals surface area contributed by atoms with Crippen LogP contribution in [0.3, 0.4) is 0 Å². The van der Waals surface area contributed by atoms with Crippen LogP contribution < -0.4 is 9.04 Å². The highest BCUT2D eigenvalue weighted by Crippen LogP contribution is 2.41. The van der Waals surface area contributed by atoms with Gasteiger partial charge < -0.3 is 4.74 Å².